The van der Waals surface area contributed by atoms with Crippen LogP contribution in [0.1, 0.15) is 25.7 Å². The van der Waals surface area contributed by atoms with Crippen LogP contribution in [0.4, 0.5) is 0 Å². The third kappa shape index (κ3) is 0.717. The Hall–Kier alpha value is -0.370. The van der Waals surface area contributed by atoms with Crippen LogP contribution in [0, 0.1) is 5.41 Å². The number of carbonyl (C=O) groups is 1. The lowest BCUT2D eigenvalue weighted by molar-refractivity contribution is -0.124. The van der Waals surface area contributed by atoms with Crippen molar-refractivity contribution < 1.29 is 9.53 Å². The number of ether oxygens (including phenoxy) is 1. The van der Waals surface area contributed by atoms with Crippen molar-refractivity contribution in [2.45, 2.75) is 25.7 Å². The first kappa shape index (κ1) is 6.35. The summed E-state index contributed by atoms with van der Waals surface area (Å²) in [5.74, 6) is 0.352. The molecule has 56 valence electrons. The Morgan fingerprint density at radius 1 is 1.30 bits per heavy atom. The van der Waals surface area contributed by atoms with E-state index in [-0.39, 0.29) is 5.41 Å². The average Bonchev–Trinajstić information content (AvgIpc) is 2.48. The number of hydrogen-bond donors (Lipinski definition) is 0. The molecule has 0 bridgehead atoms. The molecule has 1 aliphatic carbocycles. The largest absolute Gasteiger partial charge is 0.373 e. The smallest absolute Gasteiger partial charge is 0.166 e. The molecule has 10 heavy (non-hydrogen) atoms. The standard InChI is InChI=1S/C8H12O2/c9-7-5-10-6-8(7)3-1-2-4-8/h1-6H2. The molecule has 0 atom stereocenters. The fraction of sp³-hybridized carbons (Fsp3) is 0.875. The second kappa shape index (κ2) is 2.06. The average molecular weight is 140 g/mol. The molecule has 2 nitrogen and oxygen atoms in total. The van der Waals surface area contributed by atoms with E-state index < -0.39 is 0 Å². The van der Waals surface area contributed by atoms with Crippen LogP contribution in [-0.4, -0.2) is 19.0 Å². The quantitative estimate of drug-likeness (QED) is 0.504. The summed E-state index contributed by atoms with van der Waals surface area (Å²) in [5, 5.41) is 0. The Bertz CT molecular complexity index is 151. The van der Waals surface area contributed by atoms with Gasteiger partial charge in [0, 0.05) is 0 Å². The zero-order valence-corrected chi connectivity index (χ0v) is 6.06. The summed E-state index contributed by atoms with van der Waals surface area (Å²) in [5.41, 5.74) is -0.0139. The van der Waals surface area contributed by atoms with Gasteiger partial charge in [0.05, 0.1) is 12.0 Å². The number of rotatable bonds is 0. The molecule has 0 radical (unpaired) electrons. The molecule has 0 aromatic rings. The van der Waals surface area contributed by atoms with Gasteiger partial charge in [0.2, 0.25) is 0 Å². The zero-order valence-electron chi connectivity index (χ0n) is 6.06. The predicted molar refractivity (Wildman–Crippen MR) is 36.7 cm³/mol. The third-order valence-electron chi connectivity index (χ3n) is 2.76. The van der Waals surface area contributed by atoms with E-state index in [2.05, 4.69) is 0 Å². The topological polar surface area (TPSA) is 26.3 Å². The molecular formula is C8H12O2. The van der Waals surface area contributed by atoms with E-state index in [1.165, 1.54) is 12.8 Å². The molecule has 2 aliphatic rings. The molecule has 2 rings (SSSR count). The minimum Gasteiger partial charge on any atom is -0.373 e. The van der Waals surface area contributed by atoms with Crippen LogP contribution in [0.25, 0.3) is 0 Å². The maximum Gasteiger partial charge on any atom is 0.166 e. The van der Waals surface area contributed by atoms with Gasteiger partial charge < -0.3 is 4.74 Å². The summed E-state index contributed by atoms with van der Waals surface area (Å²) in [6, 6.07) is 0. The summed E-state index contributed by atoms with van der Waals surface area (Å²) < 4.78 is 5.14. The Kier molecular flexibility index (Phi) is 1.31. The van der Waals surface area contributed by atoms with Gasteiger partial charge in [-0.3, -0.25) is 4.79 Å². The molecule has 1 spiro atoms. The summed E-state index contributed by atoms with van der Waals surface area (Å²) in [6.45, 7) is 1.08. The van der Waals surface area contributed by atoms with Gasteiger partial charge >= 0.3 is 0 Å². The van der Waals surface area contributed by atoms with E-state index in [1.54, 1.807) is 0 Å². The highest BCUT2D eigenvalue weighted by Gasteiger charge is 2.44. The highest BCUT2D eigenvalue weighted by molar-refractivity contribution is 5.87. The molecule has 1 saturated heterocycles. The lowest BCUT2D eigenvalue weighted by Gasteiger charge is -2.16. The highest BCUT2D eigenvalue weighted by atomic mass is 16.5. The van der Waals surface area contributed by atoms with Crippen LogP contribution in [-0.2, 0) is 9.53 Å². The number of Topliss-reactive ketones (excluding diaryl/α,β-unsaturated/α-hetero) is 1. The van der Waals surface area contributed by atoms with Crippen molar-refractivity contribution in [2.24, 2.45) is 5.41 Å². The summed E-state index contributed by atoms with van der Waals surface area (Å²) in [6.07, 6.45) is 4.59. The second-order valence-electron chi connectivity index (χ2n) is 3.40. The van der Waals surface area contributed by atoms with E-state index in [0.717, 1.165) is 12.8 Å². The predicted octanol–water partition coefficient (Wildman–Crippen LogP) is 1.15. The Balaban J connectivity index is 2.19. The molecule has 1 saturated carbocycles. The normalized spacial score (nSPS) is 30.2. The van der Waals surface area contributed by atoms with Crippen molar-refractivity contribution in [1.29, 1.82) is 0 Å². The van der Waals surface area contributed by atoms with Crippen LogP contribution in [0.5, 0.6) is 0 Å². The summed E-state index contributed by atoms with van der Waals surface area (Å²) in [4.78, 5) is 11.3. The van der Waals surface area contributed by atoms with E-state index in [4.69, 9.17) is 4.74 Å². The van der Waals surface area contributed by atoms with Crippen molar-refractivity contribution in [3.8, 4) is 0 Å². The van der Waals surface area contributed by atoms with Gasteiger partial charge in [0.15, 0.2) is 5.78 Å². The monoisotopic (exact) mass is 140 g/mol. The minimum atomic E-state index is -0.0139. The molecule has 1 aliphatic heterocycles. The van der Waals surface area contributed by atoms with Gasteiger partial charge in [0.25, 0.3) is 0 Å². The maximum atomic E-state index is 11.3. The van der Waals surface area contributed by atoms with E-state index in [9.17, 15) is 4.79 Å². The highest BCUT2D eigenvalue weighted by Crippen LogP contribution is 2.41. The lowest BCUT2D eigenvalue weighted by atomic mass is 9.85. The molecule has 0 amide bonds. The second-order valence-corrected chi connectivity index (χ2v) is 3.40. The first-order valence-corrected chi connectivity index (χ1v) is 3.95. The maximum absolute atomic E-state index is 11.3. The first-order chi connectivity index (χ1) is 4.83. The van der Waals surface area contributed by atoms with Crippen molar-refractivity contribution in [1.82, 2.24) is 0 Å². The summed E-state index contributed by atoms with van der Waals surface area (Å²) in [7, 11) is 0. The molecule has 2 fully saturated rings. The first-order valence-electron chi connectivity index (χ1n) is 3.95. The molecular weight excluding hydrogens is 128 g/mol. The molecule has 2 heteroatoms. The van der Waals surface area contributed by atoms with Crippen LogP contribution in [0.2, 0.25) is 0 Å². The molecule has 0 unspecified atom stereocenters. The number of carbonyl (C=O) groups excluding carboxylic acids is 1. The number of hydrogen-bond acceptors (Lipinski definition) is 2. The third-order valence-corrected chi connectivity index (χ3v) is 2.76. The van der Waals surface area contributed by atoms with Crippen LogP contribution in [0.15, 0.2) is 0 Å². The fourth-order valence-corrected chi connectivity index (χ4v) is 2.05. The Labute approximate surface area is 60.6 Å². The number of ketones is 1. The lowest BCUT2D eigenvalue weighted by Crippen LogP contribution is -2.25. The molecule has 0 aromatic heterocycles. The van der Waals surface area contributed by atoms with Gasteiger partial charge in [-0.15, -0.1) is 0 Å². The van der Waals surface area contributed by atoms with Crippen LogP contribution < -0.4 is 0 Å². The van der Waals surface area contributed by atoms with Crippen molar-refractivity contribution in [3.05, 3.63) is 0 Å². The van der Waals surface area contributed by atoms with Crippen molar-refractivity contribution in [2.75, 3.05) is 13.2 Å². The molecule has 1 heterocycles. The van der Waals surface area contributed by atoms with Crippen molar-refractivity contribution >= 4 is 5.78 Å². The minimum absolute atomic E-state index is 0.0139. The van der Waals surface area contributed by atoms with Gasteiger partial charge in [-0.05, 0) is 12.8 Å². The van der Waals surface area contributed by atoms with Gasteiger partial charge in [-0.2, -0.15) is 0 Å². The van der Waals surface area contributed by atoms with Crippen molar-refractivity contribution in [3.63, 3.8) is 0 Å². The van der Waals surface area contributed by atoms with E-state index in [1.807, 2.05) is 0 Å². The van der Waals surface area contributed by atoms with Gasteiger partial charge in [-0.25, -0.2) is 0 Å². The zero-order chi connectivity index (χ0) is 7.03. The molecule has 0 N–H and O–H groups in total. The Morgan fingerprint density at radius 2 is 2.00 bits per heavy atom. The Morgan fingerprint density at radius 3 is 2.50 bits per heavy atom. The van der Waals surface area contributed by atoms with Gasteiger partial charge in [-0.1, -0.05) is 12.8 Å². The van der Waals surface area contributed by atoms with E-state index >= 15 is 0 Å². The van der Waals surface area contributed by atoms with Crippen LogP contribution >= 0.6 is 0 Å². The summed E-state index contributed by atoms with van der Waals surface area (Å²) >= 11 is 0. The molecule has 0 aromatic carbocycles. The van der Waals surface area contributed by atoms with Crippen LogP contribution in [0.3, 0.4) is 0 Å². The SMILES string of the molecule is O=C1COCC12CCCC2. The fourth-order valence-electron chi connectivity index (χ4n) is 2.05. The van der Waals surface area contributed by atoms with E-state index in [0.29, 0.717) is 19.0 Å². The van der Waals surface area contributed by atoms with Gasteiger partial charge in [0.1, 0.15) is 6.61 Å².